The topological polar surface area (TPSA) is 41.1 Å². The Balaban J connectivity index is 2.44. The highest BCUT2D eigenvalue weighted by molar-refractivity contribution is 5.81. The van der Waals surface area contributed by atoms with Crippen LogP contribution >= 0.6 is 0 Å². The summed E-state index contributed by atoms with van der Waals surface area (Å²) in [6.45, 7) is 8.68. The predicted octanol–water partition coefficient (Wildman–Crippen LogP) is 3.03. The van der Waals surface area contributed by atoms with Crippen LogP contribution in [-0.2, 0) is 4.79 Å². The summed E-state index contributed by atoms with van der Waals surface area (Å²) in [6, 6.07) is 6.05. The molecule has 0 heterocycles. The van der Waals surface area contributed by atoms with Crippen LogP contribution in [-0.4, -0.2) is 18.5 Å². The van der Waals surface area contributed by atoms with Gasteiger partial charge in [-0.2, -0.15) is 0 Å². The predicted molar refractivity (Wildman–Crippen MR) is 79.9 cm³/mol. The van der Waals surface area contributed by atoms with E-state index in [1.165, 1.54) is 12.1 Å². The number of rotatable bonds is 7. The highest BCUT2D eigenvalue weighted by atomic mass is 19.1. The second kappa shape index (κ2) is 8.00. The van der Waals surface area contributed by atoms with Gasteiger partial charge in [0.25, 0.3) is 0 Å². The van der Waals surface area contributed by atoms with Gasteiger partial charge in [0.05, 0.1) is 6.04 Å². The summed E-state index contributed by atoms with van der Waals surface area (Å²) in [5.41, 5.74) is 0.840. The van der Waals surface area contributed by atoms with Crippen LogP contribution in [0.2, 0.25) is 0 Å². The molecule has 0 aromatic heterocycles. The van der Waals surface area contributed by atoms with Crippen LogP contribution in [0.4, 0.5) is 4.39 Å². The maximum Gasteiger partial charge on any atom is 0.236 e. The van der Waals surface area contributed by atoms with Gasteiger partial charge in [-0.15, -0.1) is 0 Å². The molecule has 3 nitrogen and oxygen atoms in total. The van der Waals surface area contributed by atoms with Crippen LogP contribution in [0.15, 0.2) is 24.3 Å². The minimum Gasteiger partial charge on any atom is -0.355 e. The molecule has 112 valence electrons. The van der Waals surface area contributed by atoms with E-state index in [9.17, 15) is 9.18 Å². The van der Waals surface area contributed by atoms with Crippen LogP contribution in [0.25, 0.3) is 0 Å². The van der Waals surface area contributed by atoms with E-state index < -0.39 is 0 Å². The monoisotopic (exact) mass is 280 g/mol. The molecule has 0 saturated heterocycles. The van der Waals surface area contributed by atoms with Crippen molar-refractivity contribution in [3.8, 4) is 0 Å². The number of halogens is 1. The fraction of sp³-hybridized carbons (Fsp3) is 0.562. The van der Waals surface area contributed by atoms with Crippen LogP contribution in [0.1, 0.15) is 45.7 Å². The van der Waals surface area contributed by atoms with Gasteiger partial charge in [-0.1, -0.05) is 26.0 Å². The minimum absolute atomic E-state index is 0.0195. The van der Waals surface area contributed by atoms with Gasteiger partial charge < -0.3 is 5.32 Å². The third-order valence-electron chi connectivity index (χ3n) is 3.26. The molecule has 0 aliphatic heterocycles. The SMILES string of the molecule is CC(C)CCNC(=O)C(C)NC(C)c1cccc(F)c1. The molecule has 1 rings (SSSR count). The highest BCUT2D eigenvalue weighted by Crippen LogP contribution is 2.14. The van der Waals surface area contributed by atoms with Crippen molar-refractivity contribution >= 4 is 5.91 Å². The summed E-state index contributed by atoms with van der Waals surface area (Å²) in [5.74, 6) is 0.295. The van der Waals surface area contributed by atoms with Crippen LogP contribution in [0.5, 0.6) is 0 Å². The van der Waals surface area contributed by atoms with Crippen LogP contribution in [0.3, 0.4) is 0 Å². The average molecular weight is 280 g/mol. The number of benzene rings is 1. The number of carbonyl (C=O) groups excluding carboxylic acids is 1. The van der Waals surface area contributed by atoms with E-state index in [1.807, 2.05) is 19.9 Å². The van der Waals surface area contributed by atoms with Crippen molar-refractivity contribution in [3.05, 3.63) is 35.6 Å². The van der Waals surface area contributed by atoms with Gasteiger partial charge in [0.15, 0.2) is 0 Å². The molecule has 0 radical (unpaired) electrons. The lowest BCUT2D eigenvalue weighted by molar-refractivity contribution is -0.122. The molecule has 0 saturated carbocycles. The van der Waals surface area contributed by atoms with Crippen molar-refractivity contribution in [2.24, 2.45) is 5.92 Å². The Kier molecular flexibility index (Phi) is 6.65. The Labute approximate surface area is 121 Å². The quantitative estimate of drug-likeness (QED) is 0.806. The summed E-state index contributed by atoms with van der Waals surface area (Å²) in [7, 11) is 0. The van der Waals surface area contributed by atoms with Crippen LogP contribution < -0.4 is 10.6 Å². The molecule has 2 atom stereocenters. The van der Waals surface area contributed by atoms with Crippen molar-refractivity contribution < 1.29 is 9.18 Å². The third kappa shape index (κ3) is 5.70. The third-order valence-corrected chi connectivity index (χ3v) is 3.26. The summed E-state index contributed by atoms with van der Waals surface area (Å²) in [4.78, 5) is 11.9. The Morgan fingerprint density at radius 3 is 2.55 bits per heavy atom. The Bertz CT molecular complexity index is 434. The largest absolute Gasteiger partial charge is 0.355 e. The Morgan fingerprint density at radius 1 is 1.25 bits per heavy atom. The fourth-order valence-corrected chi connectivity index (χ4v) is 1.96. The second-order valence-electron chi connectivity index (χ2n) is 5.64. The van der Waals surface area contributed by atoms with Gasteiger partial charge in [0.2, 0.25) is 5.91 Å². The number of carbonyl (C=O) groups is 1. The van der Waals surface area contributed by atoms with Gasteiger partial charge in [-0.25, -0.2) is 4.39 Å². The first kappa shape index (κ1) is 16.6. The maximum absolute atomic E-state index is 13.2. The molecule has 20 heavy (non-hydrogen) atoms. The molecule has 2 unspecified atom stereocenters. The molecular weight excluding hydrogens is 255 g/mol. The molecule has 0 aliphatic rings. The van der Waals surface area contributed by atoms with E-state index in [0.29, 0.717) is 12.5 Å². The van der Waals surface area contributed by atoms with E-state index in [4.69, 9.17) is 0 Å². The summed E-state index contributed by atoms with van der Waals surface area (Å²) < 4.78 is 13.2. The zero-order valence-corrected chi connectivity index (χ0v) is 12.7. The first-order chi connectivity index (χ1) is 9.40. The van der Waals surface area contributed by atoms with Crippen molar-refractivity contribution in [3.63, 3.8) is 0 Å². The van der Waals surface area contributed by atoms with E-state index >= 15 is 0 Å². The molecule has 0 bridgehead atoms. The number of nitrogens with one attached hydrogen (secondary N) is 2. The zero-order valence-electron chi connectivity index (χ0n) is 12.7. The van der Waals surface area contributed by atoms with E-state index in [1.54, 1.807) is 6.07 Å². The van der Waals surface area contributed by atoms with E-state index in [-0.39, 0.29) is 23.8 Å². The number of hydrogen-bond donors (Lipinski definition) is 2. The summed E-state index contributed by atoms with van der Waals surface area (Å²) in [5, 5.41) is 6.09. The molecule has 0 aliphatic carbocycles. The normalized spacial score (nSPS) is 14.1. The minimum atomic E-state index is -0.305. The first-order valence-corrected chi connectivity index (χ1v) is 7.19. The van der Waals surface area contributed by atoms with Gasteiger partial charge in [-0.3, -0.25) is 10.1 Å². The van der Waals surface area contributed by atoms with Gasteiger partial charge in [-0.05, 0) is 43.9 Å². The summed E-state index contributed by atoms with van der Waals surface area (Å²) in [6.07, 6.45) is 0.970. The second-order valence-corrected chi connectivity index (χ2v) is 5.64. The lowest BCUT2D eigenvalue weighted by Crippen LogP contribution is -2.43. The average Bonchev–Trinajstić information content (AvgIpc) is 2.38. The Hall–Kier alpha value is -1.42. The van der Waals surface area contributed by atoms with E-state index in [0.717, 1.165) is 12.0 Å². The molecule has 4 heteroatoms. The Morgan fingerprint density at radius 2 is 1.95 bits per heavy atom. The first-order valence-electron chi connectivity index (χ1n) is 7.19. The fourth-order valence-electron chi connectivity index (χ4n) is 1.96. The highest BCUT2D eigenvalue weighted by Gasteiger charge is 2.16. The summed E-state index contributed by atoms with van der Waals surface area (Å²) >= 11 is 0. The standard InChI is InChI=1S/C16H25FN2O/c1-11(2)8-9-18-16(20)13(4)19-12(3)14-6-5-7-15(17)10-14/h5-7,10-13,19H,8-9H2,1-4H3,(H,18,20). The van der Waals surface area contributed by atoms with E-state index in [2.05, 4.69) is 24.5 Å². The molecule has 0 spiro atoms. The van der Waals surface area contributed by atoms with Crippen LogP contribution in [0, 0.1) is 11.7 Å². The number of hydrogen-bond acceptors (Lipinski definition) is 2. The molecule has 0 fully saturated rings. The smallest absolute Gasteiger partial charge is 0.236 e. The lowest BCUT2D eigenvalue weighted by Gasteiger charge is -2.20. The van der Waals surface area contributed by atoms with Gasteiger partial charge in [0.1, 0.15) is 5.82 Å². The molecular formula is C16H25FN2O. The molecule has 2 N–H and O–H groups in total. The maximum atomic E-state index is 13.2. The van der Waals surface area contributed by atoms with Crippen molar-refractivity contribution in [2.75, 3.05) is 6.54 Å². The lowest BCUT2D eigenvalue weighted by atomic mass is 10.1. The van der Waals surface area contributed by atoms with Gasteiger partial charge in [0, 0.05) is 12.6 Å². The number of amides is 1. The zero-order chi connectivity index (χ0) is 15.1. The van der Waals surface area contributed by atoms with Crippen molar-refractivity contribution in [1.82, 2.24) is 10.6 Å². The van der Waals surface area contributed by atoms with Gasteiger partial charge >= 0.3 is 0 Å². The molecule has 1 aromatic rings. The molecule has 1 aromatic carbocycles. The van der Waals surface area contributed by atoms with Crippen molar-refractivity contribution in [2.45, 2.75) is 46.2 Å². The molecule has 1 amide bonds. The van der Waals surface area contributed by atoms with Crippen molar-refractivity contribution in [1.29, 1.82) is 0 Å².